The summed E-state index contributed by atoms with van der Waals surface area (Å²) in [5.41, 5.74) is 0.659. The Morgan fingerprint density at radius 1 is 1.00 bits per heavy atom. The Balaban J connectivity index is 1.30. The molecule has 3 aromatic rings. The summed E-state index contributed by atoms with van der Waals surface area (Å²) in [6, 6.07) is 13.5. The van der Waals surface area contributed by atoms with Crippen molar-refractivity contribution in [3.8, 4) is 0 Å². The van der Waals surface area contributed by atoms with Crippen LogP contribution in [-0.4, -0.2) is 59.6 Å². The number of aromatic nitrogens is 2. The van der Waals surface area contributed by atoms with E-state index >= 15 is 0 Å². The minimum absolute atomic E-state index is 0.0500. The van der Waals surface area contributed by atoms with Crippen molar-refractivity contribution in [3.63, 3.8) is 0 Å². The van der Waals surface area contributed by atoms with Gasteiger partial charge in [0, 0.05) is 31.6 Å². The molecule has 160 valence electrons. The number of nitrogens with zero attached hydrogens (tertiary/aromatic N) is 3. The van der Waals surface area contributed by atoms with Crippen molar-refractivity contribution in [1.29, 1.82) is 0 Å². The third kappa shape index (κ3) is 4.55. The number of benzene rings is 2. The van der Waals surface area contributed by atoms with Gasteiger partial charge in [-0.25, -0.2) is 9.49 Å². The summed E-state index contributed by atoms with van der Waals surface area (Å²) in [6.45, 7) is 1.83. The number of aromatic amines is 1. The van der Waals surface area contributed by atoms with Gasteiger partial charge in [-0.2, -0.15) is 5.10 Å². The molecule has 0 bridgehead atoms. The minimum atomic E-state index is -0.358. The van der Waals surface area contributed by atoms with Crippen LogP contribution in [0.5, 0.6) is 0 Å². The van der Waals surface area contributed by atoms with Gasteiger partial charge in [0.1, 0.15) is 5.82 Å². The van der Waals surface area contributed by atoms with Crippen molar-refractivity contribution in [1.82, 2.24) is 20.4 Å². The highest BCUT2D eigenvalue weighted by Gasteiger charge is 2.23. The number of amides is 2. The highest BCUT2D eigenvalue weighted by Crippen LogP contribution is 2.20. The van der Waals surface area contributed by atoms with Gasteiger partial charge in [-0.15, -0.1) is 0 Å². The maximum atomic E-state index is 13.9. The summed E-state index contributed by atoms with van der Waals surface area (Å²) in [7, 11) is 0. The molecular weight excluding hydrogens is 401 g/mol. The molecule has 0 saturated carbocycles. The van der Waals surface area contributed by atoms with E-state index in [0.29, 0.717) is 48.3 Å². The Morgan fingerprint density at radius 3 is 2.42 bits per heavy atom. The van der Waals surface area contributed by atoms with Crippen LogP contribution in [0.3, 0.4) is 0 Å². The predicted octanol–water partition coefficient (Wildman–Crippen LogP) is 1.07. The van der Waals surface area contributed by atoms with E-state index in [1.165, 1.54) is 6.07 Å². The van der Waals surface area contributed by atoms with Crippen molar-refractivity contribution in [2.45, 2.75) is 6.42 Å². The summed E-state index contributed by atoms with van der Waals surface area (Å²) in [6.07, 6.45) is -0.0500. The lowest BCUT2D eigenvalue weighted by Gasteiger charge is -2.36. The highest BCUT2D eigenvalue weighted by molar-refractivity contribution is 5.90. The highest BCUT2D eigenvalue weighted by atomic mass is 19.1. The molecule has 2 aromatic carbocycles. The number of hydrogen-bond acceptors (Lipinski definition) is 5. The average Bonchev–Trinajstić information content (AvgIpc) is 2.80. The second-order valence-electron chi connectivity index (χ2n) is 7.32. The van der Waals surface area contributed by atoms with E-state index in [1.54, 1.807) is 47.4 Å². The number of hydrogen-bond donors (Lipinski definition) is 2. The first kappa shape index (κ1) is 20.5. The number of piperazine rings is 1. The van der Waals surface area contributed by atoms with Crippen LogP contribution in [0.15, 0.2) is 53.3 Å². The van der Waals surface area contributed by atoms with Gasteiger partial charge in [-0.3, -0.25) is 14.4 Å². The fourth-order valence-electron chi connectivity index (χ4n) is 3.71. The Bertz CT molecular complexity index is 1170. The van der Waals surface area contributed by atoms with Crippen LogP contribution in [0.2, 0.25) is 0 Å². The molecule has 1 aromatic heterocycles. The van der Waals surface area contributed by atoms with Crippen molar-refractivity contribution in [2.75, 3.05) is 37.6 Å². The molecule has 2 heterocycles. The zero-order chi connectivity index (χ0) is 21.8. The van der Waals surface area contributed by atoms with E-state index in [0.717, 1.165) is 0 Å². The molecule has 2 amide bonds. The lowest BCUT2D eigenvalue weighted by atomic mass is 10.1. The second kappa shape index (κ2) is 8.95. The molecule has 8 nitrogen and oxygen atoms in total. The number of fused-ring (bicyclic) bond motifs is 1. The topological polar surface area (TPSA) is 98.4 Å². The quantitative estimate of drug-likeness (QED) is 0.640. The van der Waals surface area contributed by atoms with Crippen LogP contribution in [0, 0.1) is 5.82 Å². The molecule has 9 heteroatoms. The van der Waals surface area contributed by atoms with E-state index in [2.05, 4.69) is 15.5 Å². The lowest BCUT2D eigenvalue weighted by molar-refractivity contribution is -0.133. The first-order valence-corrected chi connectivity index (χ1v) is 10.0. The molecule has 4 rings (SSSR count). The summed E-state index contributed by atoms with van der Waals surface area (Å²) in [5.74, 6) is -0.832. The molecule has 2 N–H and O–H groups in total. The van der Waals surface area contributed by atoms with Gasteiger partial charge in [0.05, 0.1) is 29.7 Å². The molecule has 1 fully saturated rings. The number of para-hydroxylation sites is 1. The standard InChI is InChI=1S/C22H22FN5O3/c23-17-7-3-4-8-19(17)27-9-11-28(12-10-27)21(30)14-24-20(29)13-18-15-5-1-2-6-16(15)22(31)26-25-18/h1-8H,9-14H2,(H,24,29)(H,26,31). The largest absolute Gasteiger partial charge is 0.366 e. The Labute approximate surface area is 177 Å². The van der Waals surface area contributed by atoms with E-state index in [9.17, 15) is 18.8 Å². The number of nitrogens with one attached hydrogen (secondary N) is 2. The van der Waals surface area contributed by atoms with Gasteiger partial charge in [0.15, 0.2) is 0 Å². The summed E-state index contributed by atoms with van der Waals surface area (Å²) >= 11 is 0. The van der Waals surface area contributed by atoms with Crippen LogP contribution >= 0.6 is 0 Å². The van der Waals surface area contributed by atoms with Gasteiger partial charge in [-0.05, 0) is 18.2 Å². The number of anilines is 1. The number of carbonyl (C=O) groups excluding carboxylic acids is 2. The molecule has 0 aliphatic carbocycles. The average molecular weight is 423 g/mol. The number of halogens is 1. The fourth-order valence-corrected chi connectivity index (χ4v) is 3.71. The molecule has 0 radical (unpaired) electrons. The normalized spacial score (nSPS) is 14.0. The smallest absolute Gasteiger partial charge is 0.272 e. The van der Waals surface area contributed by atoms with E-state index in [4.69, 9.17) is 0 Å². The summed E-state index contributed by atoms with van der Waals surface area (Å²) < 4.78 is 13.9. The summed E-state index contributed by atoms with van der Waals surface area (Å²) in [4.78, 5) is 40.2. The maximum absolute atomic E-state index is 13.9. The summed E-state index contributed by atoms with van der Waals surface area (Å²) in [5, 5.41) is 10.1. The van der Waals surface area contributed by atoms with Gasteiger partial charge in [0.2, 0.25) is 11.8 Å². The number of H-pyrrole nitrogens is 1. The molecule has 1 aliphatic rings. The monoisotopic (exact) mass is 423 g/mol. The van der Waals surface area contributed by atoms with Crippen LogP contribution < -0.4 is 15.8 Å². The molecule has 0 unspecified atom stereocenters. The van der Waals surface area contributed by atoms with Crippen molar-refractivity contribution in [2.24, 2.45) is 0 Å². The minimum Gasteiger partial charge on any atom is -0.366 e. The fraction of sp³-hybridized carbons (Fsp3) is 0.273. The maximum Gasteiger partial charge on any atom is 0.272 e. The third-order valence-electron chi connectivity index (χ3n) is 5.37. The van der Waals surface area contributed by atoms with Crippen molar-refractivity contribution < 1.29 is 14.0 Å². The zero-order valence-corrected chi connectivity index (χ0v) is 16.8. The molecule has 1 saturated heterocycles. The number of carbonyl (C=O) groups is 2. The molecular formula is C22H22FN5O3. The first-order chi connectivity index (χ1) is 15.0. The van der Waals surface area contributed by atoms with Gasteiger partial charge in [0.25, 0.3) is 5.56 Å². The SMILES string of the molecule is O=C(Cc1n[nH]c(=O)c2ccccc12)NCC(=O)N1CCN(c2ccccc2F)CC1. The Morgan fingerprint density at radius 2 is 1.68 bits per heavy atom. The van der Waals surface area contributed by atoms with Gasteiger partial charge in [-0.1, -0.05) is 30.3 Å². The van der Waals surface area contributed by atoms with Gasteiger partial charge >= 0.3 is 0 Å². The van der Waals surface area contributed by atoms with Crippen LogP contribution in [0.1, 0.15) is 5.69 Å². The van der Waals surface area contributed by atoms with Crippen LogP contribution in [0.4, 0.5) is 10.1 Å². The van der Waals surface area contributed by atoms with Crippen molar-refractivity contribution in [3.05, 3.63) is 70.4 Å². The molecule has 1 aliphatic heterocycles. The molecule has 31 heavy (non-hydrogen) atoms. The Hall–Kier alpha value is -3.75. The van der Waals surface area contributed by atoms with E-state index in [1.807, 2.05) is 4.90 Å². The lowest BCUT2D eigenvalue weighted by Crippen LogP contribution is -2.51. The third-order valence-corrected chi connectivity index (χ3v) is 5.37. The van der Waals surface area contributed by atoms with Gasteiger partial charge < -0.3 is 15.1 Å². The van der Waals surface area contributed by atoms with E-state index < -0.39 is 0 Å². The first-order valence-electron chi connectivity index (χ1n) is 10.0. The Kier molecular flexibility index (Phi) is 5.92. The predicted molar refractivity (Wildman–Crippen MR) is 114 cm³/mol. The van der Waals surface area contributed by atoms with Crippen molar-refractivity contribution >= 4 is 28.3 Å². The van der Waals surface area contributed by atoms with E-state index in [-0.39, 0.29) is 36.2 Å². The molecule has 0 spiro atoms. The van der Waals surface area contributed by atoms with Crippen LogP contribution in [0.25, 0.3) is 10.8 Å². The number of rotatable bonds is 5. The molecule has 0 atom stereocenters. The van der Waals surface area contributed by atoms with Crippen LogP contribution in [-0.2, 0) is 16.0 Å². The zero-order valence-electron chi connectivity index (χ0n) is 16.8. The second-order valence-corrected chi connectivity index (χ2v) is 7.32.